The van der Waals surface area contributed by atoms with Gasteiger partial charge in [0, 0.05) is 27.6 Å². The lowest BCUT2D eigenvalue weighted by Crippen LogP contribution is -2.26. The Hall–Kier alpha value is -3.11. The Morgan fingerprint density at radius 2 is 1.92 bits per heavy atom. The minimum absolute atomic E-state index is 0.155. The van der Waals surface area contributed by atoms with Gasteiger partial charge in [0.1, 0.15) is 5.00 Å². The number of methoxy groups -OCH3 is 1. The molecule has 0 radical (unpaired) electrons. The molecule has 1 aliphatic rings. The molecule has 0 aliphatic heterocycles. The van der Waals surface area contributed by atoms with Gasteiger partial charge in [-0.05, 0) is 61.3 Å². The summed E-state index contributed by atoms with van der Waals surface area (Å²) in [5.41, 5.74) is 2.07. The summed E-state index contributed by atoms with van der Waals surface area (Å²) in [5.74, 6) is -1.98. The van der Waals surface area contributed by atoms with Crippen molar-refractivity contribution in [1.82, 2.24) is 0 Å². The first-order valence-electron chi connectivity index (χ1n) is 11.9. The number of thiophene rings is 1. The average Bonchev–Trinajstić information content (AvgIpc) is 3.18. The van der Waals surface area contributed by atoms with Crippen molar-refractivity contribution in [3.63, 3.8) is 0 Å². The summed E-state index contributed by atoms with van der Waals surface area (Å²) in [4.78, 5) is 50.1. The number of fused-ring (bicyclic) bond motifs is 1. The zero-order valence-corrected chi connectivity index (χ0v) is 23.2. The molecule has 0 saturated heterocycles. The van der Waals surface area contributed by atoms with E-state index in [9.17, 15) is 19.2 Å². The number of aliphatic carboxylic acids is 1. The molecule has 2 unspecified atom stereocenters. The Labute approximate surface area is 224 Å². The van der Waals surface area contributed by atoms with Crippen molar-refractivity contribution in [2.45, 2.75) is 57.1 Å². The zero-order valence-electron chi connectivity index (χ0n) is 21.5. The smallest absolute Gasteiger partial charge is 0.341 e. The van der Waals surface area contributed by atoms with Gasteiger partial charge in [-0.2, -0.15) is 0 Å². The van der Waals surface area contributed by atoms with Gasteiger partial charge >= 0.3 is 11.9 Å². The van der Waals surface area contributed by atoms with Gasteiger partial charge in [0.2, 0.25) is 11.8 Å². The number of hydrogen-bond donors (Lipinski definition) is 3. The van der Waals surface area contributed by atoms with Gasteiger partial charge in [-0.25, -0.2) is 9.59 Å². The Bertz CT molecular complexity index is 1230. The summed E-state index contributed by atoms with van der Waals surface area (Å²) in [6.07, 6.45) is 4.32. The molecule has 198 valence electrons. The average molecular weight is 545 g/mol. The largest absolute Gasteiger partial charge is 0.478 e. The second kappa shape index (κ2) is 12.0. The summed E-state index contributed by atoms with van der Waals surface area (Å²) in [6, 6.07) is 6.92. The maximum absolute atomic E-state index is 13.1. The number of nitrogens with one attached hydrogen (secondary N) is 2. The number of anilines is 2. The van der Waals surface area contributed by atoms with Gasteiger partial charge in [-0.15, -0.1) is 23.1 Å². The predicted molar refractivity (Wildman–Crippen MR) is 146 cm³/mol. The van der Waals surface area contributed by atoms with E-state index in [-0.39, 0.29) is 11.3 Å². The summed E-state index contributed by atoms with van der Waals surface area (Å²) >= 11 is 2.76. The van der Waals surface area contributed by atoms with Crippen LogP contribution in [0.2, 0.25) is 0 Å². The van der Waals surface area contributed by atoms with Gasteiger partial charge < -0.3 is 20.5 Å². The highest BCUT2D eigenvalue weighted by Crippen LogP contribution is 2.44. The first kappa shape index (κ1) is 28.5. The molecule has 1 aromatic heterocycles. The van der Waals surface area contributed by atoms with Crippen molar-refractivity contribution in [1.29, 1.82) is 0 Å². The second-order valence-electron chi connectivity index (χ2n) is 9.94. The molecule has 2 atom stereocenters. The Kier molecular flexibility index (Phi) is 9.20. The number of thioether (sulfide) groups is 1. The third-order valence-electron chi connectivity index (χ3n) is 6.28. The third-order valence-corrected chi connectivity index (χ3v) is 8.54. The van der Waals surface area contributed by atoms with Gasteiger partial charge in [0.15, 0.2) is 0 Å². The molecule has 2 aromatic rings. The molecule has 0 saturated carbocycles. The van der Waals surface area contributed by atoms with Gasteiger partial charge in [-0.1, -0.05) is 26.8 Å². The van der Waals surface area contributed by atoms with Crippen LogP contribution in [0.4, 0.5) is 10.7 Å². The number of esters is 1. The summed E-state index contributed by atoms with van der Waals surface area (Å²) < 4.78 is 5.05. The van der Waals surface area contributed by atoms with E-state index in [1.54, 1.807) is 25.1 Å². The summed E-state index contributed by atoms with van der Waals surface area (Å²) in [6.45, 7) is 8.45. The minimum Gasteiger partial charge on any atom is -0.478 e. The summed E-state index contributed by atoms with van der Waals surface area (Å²) in [5, 5.41) is 14.2. The molecule has 0 bridgehead atoms. The van der Waals surface area contributed by atoms with E-state index in [2.05, 4.69) is 31.4 Å². The predicted octanol–water partition coefficient (Wildman–Crippen LogP) is 5.38. The van der Waals surface area contributed by atoms with Crippen molar-refractivity contribution in [3.8, 4) is 0 Å². The molecule has 3 N–H and O–H groups in total. The fraction of sp³-hybridized carbons (Fsp3) is 0.407. The quantitative estimate of drug-likeness (QED) is 0.232. The molecule has 2 amide bonds. The van der Waals surface area contributed by atoms with Crippen LogP contribution < -0.4 is 10.6 Å². The number of carbonyl (C=O) groups is 4. The fourth-order valence-corrected chi connectivity index (χ4v) is 6.43. The molecule has 10 heteroatoms. The maximum atomic E-state index is 13.1. The molecule has 0 spiro atoms. The van der Waals surface area contributed by atoms with Gasteiger partial charge in [0.05, 0.1) is 17.9 Å². The van der Waals surface area contributed by atoms with Crippen molar-refractivity contribution < 1.29 is 29.0 Å². The third kappa shape index (κ3) is 7.45. The van der Waals surface area contributed by atoms with Crippen LogP contribution >= 0.6 is 23.1 Å². The van der Waals surface area contributed by atoms with Crippen molar-refractivity contribution >= 4 is 57.5 Å². The Morgan fingerprint density at radius 3 is 2.57 bits per heavy atom. The van der Waals surface area contributed by atoms with Crippen molar-refractivity contribution in [2.75, 3.05) is 17.7 Å². The van der Waals surface area contributed by atoms with Gasteiger partial charge in [0.25, 0.3) is 0 Å². The fourth-order valence-electron chi connectivity index (χ4n) is 4.18. The van der Waals surface area contributed by atoms with E-state index in [4.69, 9.17) is 9.84 Å². The monoisotopic (exact) mass is 544 g/mol. The number of ether oxygens (including phenoxy) is 1. The number of benzene rings is 1. The normalized spacial score (nSPS) is 16.1. The lowest BCUT2D eigenvalue weighted by Gasteiger charge is -2.33. The molecule has 1 aliphatic carbocycles. The summed E-state index contributed by atoms with van der Waals surface area (Å²) in [7, 11) is 1.35. The van der Waals surface area contributed by atoms with Crippen LogP contribution in [0.15, 0.2) is 41.3 Å². The molecule has 0 fully saturated rings. The Balaban J connectivity index is 1.73. The second-order valence-corrected chi connectivity index (χ2v) is 12.5. The molecule has 8 nitrogen and oxygen atoms in total. The number of carboxylic acids is 1. The van der Waals surface area contributed by atoms with Crippen LogP contribution in [0.5, 0.6) is 0 Å². The SMILES string of the molecule is COC(=O)c1c(NC(=O)C(C)Sc2cccc(NC(=O)/C=C/C(=O)O)c2)sc2c1CCC(C(C)(C)C)C2. The van der Waals surface area contributed by atoms with Gasteiger partial charge in [-0.3, -0.25) is 9.59 Å². The molecule has 1 heterocycles. The van der Waals surface area contributed by atoms with E-state index in [1.807, 2.05) is 6.07 Å². The maximum Gasteiger partial charge on any atom is 0.341 e. The number of carboxylic acid groups (broad SMARTS) is 1. The molecule has 3 rings (SSSR count). The number of rotatable bonds is 8. The lowest BCUT2D eigenvalue weighted by atomic mass is 9.72. The van der Waals surface area contributed by atoms with Crippen LogP contribution in [-0.2, 0) is 32.0 Å². The van der Waals surface area contributed by atoms with Crippen LogP contribution in [-0.4, -0.2) is 41.2 Å². The molecule has 37 heavy (non-hydrogen) atoms. The van der Waals surface area contributed by atoms with E-state index in [1.165, 1.54) is 30.2 Å². The van der Waals surface area contributed by atoms with Crippen molar-refractivity contribution in [2.24, 2.45) is 11.3 Å². The Morgan fingerprint density at radius 1 is 1.19 bits per heavy atom. The highest BCUT2D eigenvalue weighted by molar-refractivity contribution is 8.00. The first-order chi connectivity index (χ1) is 17.4. The number of carbonyl (C=O) groups excluding carboxylic acids is 3. The topological polar surface area (TPSA) is 122 Å². The lowest BCUT2D eigenvalue weighted by molar-refractivity contribution is -0.131. The minimum atomic E-state index is -1.21. The number of amides is 2. The first-order valence-corrected chi connectivity index (χ1v) is 13.6. The van der Waals surface area contributed by atoms with Crippen LogP contribution in [0.1, 0.15) is 54.9 Å². The zero-order chi connectivity index (χ0) is 27.3. The van der Waals surface area contributed by atoms with Crippen LogP contribution in [0.3, 0.4) is 0 Å². The van der Waals surface area contributed by atoms with E-state index >= 15 is 0 Å². The van der Waals surface area contributed by atoms with Crippen LogP contribution in [0.25, 0.3) is 0 Å². The standard InChI is InChI=1S/C27H32N2O6S2/c1-15(36-18-8-6-7-17(14-18)28-21(30)11-12-22(31)32)24(33)29-25-23(26(34)35-5)19-10-9-16(27(2,3)4)13-20(19)37-25/h6-8,11-12,14-16H,9-10,13H2,1-5H3,(H,28,30)(H,29,33)(H,31,32)/b12-11+. The molecule has 1 aromatic carbocycles. The van der Waals surface area contributed by atoms with E-state index in [0.29, 0.717) is 22.2 Å². The van der Waals surface area contributed by atoms with Crippen molar-refractivity contribution in [3.05, 3.63) is 52.4 Å². The van der Waals surface area contributed by atoms with E-state index < -0.39 is 23.1 Å². The molecular weight excluding hydrogens is 512 g/mol. The molecular formula is C27H32N2O6S2. The highest BCUT2D eigenvalue weighted by atomic mass is 32.2. The highest BCUT2D eigenvalue weighted by Gasteiger charge is 2.34. The number of hydrogen-bond acceptors (Lipinski definition) is 7. The van der Waals surface area contributed by atoms with Crippen LogP contribution in [0, 0.1) is 11.3 Å². The van der Waals surface area contributed by atoms with E-state index in [0.717, 1.165) is 46.8 Å².